The minimum atomic E-state index is -0.533. The number of rotatable bonds is 9. The first-order valence-electron chi connectivity index (χ1n) is 11.5. The fourth-order valence-corrected chi connectivity index (χ4v) is 3.89. The summed E-state index contributed by atoms with van der Waals surface area (Å²) in [5, 5.41) is 7.29. The van der Waals surface area contributed by atoms with Crippen molar-refractivity contribution < 1.29 is 19.1 Å². The second kappa shape index (κ2) is 12.1. The van der Waals surface area contributed by atoms with Gasteiger partial charge >= 0.3 is 0 Å². The molecule has 0 aromatic heterocycles. The molecule has 0 spiro atoms. The molecule has 31 heavy (non-hydrogen) atoms. The molecule has 2 aliphatic rings. The molecule has 1 unspecified atom stereocenters. The average molecular weight is 432 g/mol. The zero-order valence-electron chi connectivity index (χ0n) is 19.1. The summed E-state index contributed by atoms with van der Waals surface area (Å²) in [7, 11) is 2.14. The molecule has 2 heterocycles. The van der Waals surface area contributed by atoms with E-state index in [1.54, 1.807) is 6.92 Å². The van der Waals surface area contributed by atoms with Crippen LogP contribution in [0.25, 0.3) is 0 Å². The standard InChI is InChI=1S/C24H37N3O4/c1-18(26-30-17-21-10-14-29-15-11-21)22-4-6-23(7-5-22)31-19(2)24(28)25-16-20-8-12-27(3)13-9-20/h4-7,19-21H,8-17H2,1-3H3,(H,25,28). The minimum Gasteiger partial charge on any atom is -0.481 e. The lowest BCUT2D eigenvalue weighted by Crippen LogP contribution is -2.41. The highest BCUT2D eigenvalue weighted by Crippen LogP contribution is 2.18. The molecule has 1 N–H and O–H groups in total. The van der Waals surface area contributed by atoms with Gasteiger partial charge in [-0.2, -0.15) is 0 Å². The fourth-order valence-electron chi connectivity index (χ4n) is 3.89. The Labute approximate surface area is 186 Å². The van der Waals surface area contributed by atoms with Gasteiger partial charge in [0, 0.05) is 25.7 Å². The van der Waals surface area contributed by atoms with Crippen LogP contribution in [0.5, 0.6) is 5.75 Å². The summed E-state index contributed by atoms with van der Waals surface area (Å²) in [5.41, 5.74) is 1.79. The highest BCUT2D eigenvalue weighted by Gasteiger charge is 2.20. The number of piperidine rings is 1. The van der Waals surface area contributed by atoms with Crippen molar-refractivity contribution >= 4 is 11.6 Å². The van der Waals surface area contributed by atoms with Crippen LogP contribution in [0.15, 0.2) is 29.4 Å². The molecule has 3 rings (SSSR count). The van der Waals surface area contributed by atoms with Crippen LogP contribution < -0.4 is 10.1 Å². The fraction of sp³-hybridized carbons (Fsp3) is 0.667. The number of oxime groups is 1. The van der Waals surface area contributed by atoms with Crippen molar-refractivity contribution in [2.24, 2.45) is 17.0 Å². The summed E-state index contributed by atoms with van der Waals surface area (Å²) in [6, 6.07) is 7.62. The SMILES string of the molecule is CC(=NOCC1CCOCC1)c1ccc(OC(C)C(=O)NCC2CCN(C)CC2)cc1. The smallest absolute Gasteiger partial charge is 0.260 e. The van der Waals surface area contributed by atoms with Crippen LogP contribution in [0, 0.1) is 11.8 Å². The molecule has 172 valence electrons. The number of hydrogen-bond donors (Lipinski definition) is 1. The average Bonchev–Trinajstić information content (AvgIpc) is 2.79. The van der Waals surface area contributed by atoms with Gasteiger partial charge in [0.15, 0.2) is 6.10 Å². The Hall–Kier alpha value is -2.12. The van der Waals surface area contributed by atoms with Crippen molar-refractivity contribution in [2.45, 2.75) is 45.6 Å². The van der Waals surface area contributed by atoms with E-state index in [2.05, 4.69) is 22.4 Å². The van der Waals surface area contributed by atoms with E-state index in [0.717, 1.165) is 69.8 Å². The van der Waals surface area contributed by atoms with Crippen LogP contribution in [0.4, 0.5) is 0 Å². The van der Waals surface area contributed by atoms with E-state index >= 15 is 0 Å². The van der Waals surface area contributed by atoms with Crippen molar-refractivity contribution in [3.63, 3.8) is 0 Å². The number of amides is 1. The van der Waals surface area contributed by atoms with E-state index in [1.807, 2.05) is 31.2 Å². The molecular formula is C24H37N3O4. The first kappa shape index (κ1) is 23.5. The van der Waals surface area contributed by atoms with Crippen LogP contribution in [-0.4, -0.2) is 69.1 Å². The van der Waals surface area contributed by atoms with Gasteiger partial charge in [0.25, 0.3) is 5.91 Å². The largest absolute Gasteiger partial charge is 0.481 e. The molecule has 2 aliphatic heterocycles. The zero-order chi connectivity index (χ0) is 22.1. The third kappa shape index (κ3) is 7.82. The molecule has 1 aromatic rings. The van der Waals surface area contributed by atoms with Crippen LogP contribution in [0.3, 0.4) is 0 Å². The van der Waals surface area contributed by atoms with E-state index in [9.17, 15) is 4.79 Å². The molecular weight excluding hydrogens is 394 g/mol. The van der Waals surface area contributed by atoms with Crippen LogP contribution in [-0.2, 0) is 14.4 Å². The number of nitrogens with zero attached hydrogens (tertiary/aromatic N) is 2. The van der Waals surface area contributed by atoms with Crippen molar-refractivity contribution in [1.29, 1.82) is 0 Å². The first-order chi connectivity index (χ1) is 15.0. The number of ether oxygens (including phenoxy) is 2. The number of carbonyl (C=O) groups is 1. The molecule has 2 fully saturated rings. The number of nitrogens with one attached hydrogen (secondary N) is 1. The molecule has 1 aromatic carbocycles. The maximum atomic E-state index is 12.4. The maximum Gasteiger partial charge on any atom is 0.260 e. The van der Waals surface area contributed by atoms with Crippen molar-refractivity contribution in [2.75, 3.05) is 46.5 Å². The normalized spacial score (nSPS) is 20.3. The Balaban J connectivity index is 1.40. The Morgan fingerprint density at radius 3 is 2.52 bits per heavy atom. The number of carbonyl (C=O) groups excluding carboxylic acids is 1. The van der Waals surface area contributed by atoms with Gasteiger partial charge in [0.05, 0.1) is 5.71 Å². The first-order valence-corrected chi connectivity index (χ1v) is 11.5. The maximum absolute atomic E-state index is 12.4. The molecule has 0 aliphatic carbocycles. The number of likely N-dealkylation sites (tertiary alicyclic amines) is 1. The Kier molecular flexibility index (Phi) is 9.15. The summed E-state index contributed by atoms with van der Waals surface area (Å²) < 4.78 is 11.2. The summed E-state index contributed by atoms with van der Waals surface area (Å²) in [6.07, 6.45) is 3.80. The molecule has 1 amide bonds. The number of benzene rings is 1. The van der Waals surface area contributed by atoms with E-state index in [0.29, 0.717) is 24.2 Å². The van der Waals surface area contributed by atoms with Gasteiger partial charge in [-0.05, 0) is 95.4 Å². The van der Waals surface area contributed by atoms with Gasteiger partial charge in [-0.1, -0.05) is 5.16 Å². The lowest BCUT2D eigenvalue weighted by atomic mass is 9.97. The Morgan fingerprint density at radius 1 is 1.16 bits per heavy atom. The Bertz CT molecular complexity index is 708. The summed E-state index contributed by atoms with van der Waals surface area (Å²) in [5.74, 6) is 1.68. The van der Waals surface area contributed by atoms with Crippen LogP contribution in [0.2, 0.25) is 0 Å². The van der Waals surface area contributed by atoms with E-state index in [4.69, 9.17) is 14.3 Å². The van der Waals surface area contributed by atoms with Gasteiger partial charge in [-0.15, -0.1) is 0 Å². The topological polar surface area (TPSA) is 72.4 Å². The van der Waals surface area contributed by atoms with Crippen molar-refractivity contribution in [3.8, 4) is 5.75 Å². The third-order valence-electron chi connectivity index (χ3n) is 6.21. The van der Waals surface area contributed by atoms with Crippen molar-refractivity contribution in [3.05, 3.63) is 29.8 Å². The third-order valence-corrected chi connectivity index (χ3v) is 6.21. The predicted molar refractivity (Wildman–Crippen MR) is 121 cm³/mol. The summed E-state index contributed by atoms with van der Waals surface area (Å²) in [4.78, 5) is 20.3. The highest BCUT2D eigenvalue weighted by atomic mass is 16.6. The molecule has 1 atom stereocenters. The van der Waals surface area contributed by atoms with Gasteiger partial charge < -0.3 is 24.5 Å². The minimum absolute atomic E-state index is 0.0674. The molecule has 0 radical (unpaired) electrons. The lowest BCUT2D eigenvalue weighted by molar-refractivity contribution is -0.127. The zero-order valence-corrected chi connectivity index (χ0v) is 19.1. The van der Waals surface area contributed by atoms with E-state index in [-0.39, 0.29) is 5.91 Å². The molecule has 0 saturated carbocycles. The van der Waals surface area contributed by atoms with Gasteiger partial charge in [0.1, 0.15) is 12.4 Å². The van der Waals surface area contributed by atoms with Crippen LogP contribution >= 0.6 is 0 Å². The molecule has 2 saturated heterocycles. The summed E-state index contributed by atoms with van der Waals surface area (Å²) >= 11 is 0. The molecule has 7 nitrogen and oxygen atoms in total. The van der Waals surface area contributed by atoms with Gasteiger partial charge in [-0.25, -0.2) is 0 Å². The summed E-state index contributed by atoms with van der Waals surface area (Å²) in [6.45, 7) is 8.90. The van der Waals surface area contributed by atoms with E-state index < -0.39 is 6.10 Å². The predicted octanol–water partition coefficient (Wildman–Crippen LogP) is 3.08. The monoisotopic (exact) mass is 431 g/mol. The molecule has 7 heteroatoms. The second-order valence-corrected chi connectivity index (χ2v) is 8.80. The second-order valence-electron chi connectivity index (χ2n) is 8.80. The quantitative estimate of drug-likeness (QED) is 0.481. The van der Waals surface area contributed by atoms with Gasteiger partial charge in [-0.3, -0.25) is 4.79 Å². The van der Waals surface area contributed by atoms with Gasteiger partial charge in [0.2, 0.25) is 0 Å². The Morgan fingerprint density at radius 2 is 1.84 bits per heavy atom. The highest BCUT2D eigenvalue weighted by molar-refractivity contribution is 5.98. The van der Waals surface area contributed by atoms with Crippen molar-refractivity contribution in [1.82, 2.24) is 10.2 Å². The molecule has 0 bridgehead atoms. The number of hydrogen-bond acceptors (Lipinski definition) is 6. The lowest BCUT2D eigenvalue weighted by Gasteiger charge is -2.29. The van der Waals surface area contributed by atoms with Crippen LogP contribution in [0.1, 0.15) is 45.1 Å². The van der Waals surface area contributed by atoms with E-state index in [1.165, 1.54) is 0 Å².